The molecule has 4 rings (SSSR count). The van der Waals surface area contributed by atoms with E-state index >= 15 is 0 Å². The molecule has 2 aromatic heterocycles. The van der Waals surface area contributed by atoms with Gasteiger partial charge >= 0.3 is 0 Å². The fourth-order valence-corrected chi connectivity index (χ4v) is 4.01. The van der Waals surface area contributed by atoms with Crippen LogP contribution in [0, 0.1) is 0 Å². The van der Waals surface area contributed by atoms with Crippen LogP contribution in [0.4, 0.5) is 0 Å². The first-order valence-corrected chi connectivity index (χ1v) is 10.6. The van der Waals surface area contributed by atoms with E-state index in [0.717, 1.165) is 37.7 Å². The maximum atomic E-state index is 12.8. The number of carbonyl (C=O) groups excluding carboxylic acids is 1. The third-order valence-corrected chi connectivity index (χ3v) is 5.93. The van der Waals surface area contributed by atoms with Crippen LogP contribution in [-0.4, -0.2) is 89.2 Å². The fraction of sp³-hybridized carbons (Fsp3) is 0.435. The maximum absolute atomic E-state index is 12.8. The third-order valence-electron chi connectivity index (χ3n) is 5.93. The van der Waals surface area contributed by atoms with Crippen molar-refractivity contribution in [3.8, 4) is 0 Å². The van der Waals surface area contributed by atoms with Gasteiger partial charge in [-0.05, 0) is 24.7 Å². The predicted octanol–water partition coefficient (Wildman–Crippen LogP) is 1.94. The number of likely N-dealkylation sites (N-methyl/N-ethyl adjacent to an activating group) is 2. The Hall–Kier alpha value is -2.81. The third kappa shape index (κ3) is 4.76. The number of pyridine rings is 1. The molecular weight excluding hydrogens is 392 g/mol. The van der Waals surface area contributed by atoms with Gasteiger partial charge in [0, 0.05) is 53.1 Å². The van der Waals surface area contributed by atoms with Crippen LogP contribution >= 0.6 is 0 Å². The lowest BCUT2D eigenvalue weighted by Crippen LogP contribution is -2.46. The molecule has 164 valence electrons. The van der Waals surface area contributed by atoms with Gasteiger partial charge in [0.2, 0.25) is 0 Å². The van der Waals surface area contributed by atoms with Gasteiger partial charge < -0.3 is 9.64 Å². The Morgan fingerprint density at radius 1 is 1.16 bits per heavy atom. The minimum atomic E-state index is -0.0405. The van der Waals surface area contributed by atoms with Crippen LogP contribution in [0.15, 0.2) is 48.7 Å². The number of fused-ring (bicyclic) bond motifs is 1. The summed E-state index contributed by atoms with van der Waals surface area (Å²) in [7, 11) is 5.55. The largest absolute Gasteiger partial charge is 0.383 e. The Kier molecular flexibility index (Phi) is 6.60. The van der Waals surface area contributed by atoms with Gasteiger partial charge in [0.25, 0.3) is 5.91 Å². The highest BCUT2D eigenvalue weighted by molar-refractivity contribution is 5.94. The summed E-state index contributed by atoms with van der Waals surface area (Å²) in [5.41, 5.74) is 2.68. The zero-order valence-electron chi connectivity index (χ0n) is 18.4. The van der Waals surface area contributed by atoms with Crippen LogP contribution in [-0.2, 0) is 11.3 Å². The number of amides is 1. The molecule has 0 saturated carbocycles. The summed E-state index contributed by atoms with van der Waals surface area (Å²) in [6, 6.07) is 14.3. The average Bonchev–Trinajstić information content (AvgIpc) is 3.22. The van der Waals surface area contributed by atoms with Gasteiger partial charge in [0.05, 0.1) is 18.2 Å². The van der Waals surface area contributed by atoms with Crippen molar-refractivity contribution in [2.45, 2.75) is 12.6 Å². The van der Waals surface area contributed by atoms with Crippen LogP contribution in [0.3, 0.4) is 0 Å². The van der Waals surface area contributed by atoms with Crippen LogP contribution in [0.2, 0.25) is 0 Å². The molecule has 1 saturated heterocycles. The molecule has 0 bridgehead atoms. The van der Waals surface area contributed by atoms with Crippen molar-refractivity contribution in [2.24, 2.45) is 0 Å². The van der Waals surface area contributed by atoms with E-state index in [9.17, 15) is 4.79 Å². The molecule has 1 fully saturated rings. The molecule has 8 nitrogen and oxygen atoms in total. The van der Waals surface area contributed by atoms with E-state index in [4.69, 9.17) is 4.74 Å². The summed E-state index contributed by atoms with van der Waals surface area (Å²) in [6.45, 7) is 4.78. The summed E-state index contributed by atoms with van der Waals surface area (Å²) in [4.78, 5) is 19.3. The van der Waals surface area contributed by atoms with Crippen LogP contribution in [0.5, 0.6) is 0 Å². The second kappa shape index (κ2) is 9.55. The number of nitrogens with zero attached hydrogens (tertiary/aromatic N) is 6. The Labute approximate surface area is 183 Å². The summed E-state index contributed by atoms with van der Waals surface area (Å²) >= 11 is 0. The zero-order valence-corrected chi connectivity index (χ0v) is 18.4. The second-order valence-corrected chi connectivity index (χ2v) is 8.14. The molecule has 1 amide bonds. The normalized spacial score (nSPS) is 17.8. The lowest BCUT2D eigenvalue weighted by Gasteiger charge is -2.38. The van der Waals surface area contributed by atoms with E-state index in [1.807, 2.05) is 28.8 Å². The number of benzene rings is 1. The zero-order chi connectivity index (χ0) is 21.8. The summed E-state index contributed by atoms with van der Waals surface area (Å²) in [5.74, 6) is 0.825. The molecule has 1 aliphatic heterocycles. The molecular formula is C23H30N6O2. The Morgan fingerprint density at radius 3 is 2.74 bits per heavy atom. The quantitative estimate of drug-likeness (QED) is 0.580. The summed E-state index contributed by atoms with van der Waals surface area (Å²) in [5, 5.41) is 8.86. The van der Waals surface area contributed by atoms with E-state index in [0.29, 0.717) is 18.7 Å². The lowest BCUT2D eigenvalue weighted by atomic mass is 10.1. The van der Waals surface area contributed by atoms with Crippen LogP contribution < -0.4 is 0 Å². The molecule has 0 spiro atoms. The van der Waals surface area contributed by atoms with Crippen LogP contribution in [0.1, 0.15) is 27.8 Å². The number of rotatable bonds is 7. The van der Waals surface area contributed by atoms with Gasteiger partial charge in [-0.1, -0.05) is 30.3 Å². The first kappa shape index (κ1) is 21.4. The standard InChI is InChI=1S/C23H30N6O2/c1-26-11-12-28(15-18-7-5-4-6-8-18)17-20(26)22-25-24-21-10-9-19(16-29(21)22)23(30)27(2)13-14-31-3/h4-10,16,20H,11-15,17H2,1-3H3/t20-/m1/s1. The highest BCUT2D eigenvalue weighted by atomic mass is 16.5. The fourth-order valence-electron chi connectivity index (χ4n) is 4.01. The molecule has 1 aromatic carbocycles. The number of piperazine rings is 1. The Morgan fingerprint density at radius 2 is 1.97 bits per heavy atom. The molecule has 1 atom stereocenters. The maximum Gasteiger partial charge on any atom is 0.255 e. The highest BCUT2D eigenvalue weighted by Crippen LogP contribution is 2.25. The van der Waals surface area contributed by atoms with E-state index in [1.54, 1.807) is 19.1 Å². The molecule has 0 N–H and O–H groups in total. The minimum absolute atomic E-state index is 0.0405. The van der Waals surface area contributed by atoms with Crippen molar-refractivity contribution in [1.29, 1.82) is 0 Å². The van der Waals surface area contributed by atoms with Crippen molar-refractivity contribution in [1.82, 2.24) is 29.3 Å². The molecule has 0 radical (unpaired) electrons. The number of ether oxygens (including phenoxy) is 1. The number of carbonyl (C=O) groups is 1. The predicted molar refractivity (Wildman–Crippen MR) is 119 cm³/mol. The molecule has 0 aliphatic carbocycles. The molecule has 3 heterocycles. The number of methoxy groups -OCH3 is 1. The highest BCUT2D eigenvalue weighted by Gasteiger charge is 2.29. The minimum Gasteiger partial charge on any atom is -0.383 e. The van der Waals surface area contributed by atoms with Gasteiger partial charge in [0.15, 0.2) is 11.5 Å². The molecule has 3 aromatic rings. The monoisotopic (exact) mass is 422 g/mol. The SMILES string of the molecule is COCCN(C)C(=O)c1ccc2nnc([C@H]3CN(Cc4ccccc4)CCN3C)n2c1. The first-order valence-electron chi connectivity index (χ1n) is 10.6. The van der Waals surface area contributed by atoms with Crippen LogP contribution in [0.25, 0.3) is 5.65 Å². The van der Waals surface area contributed by atoms with Crippen molar-refractivity contribution < 1.29 is 9.53 Å². The Balaban J connectivity index is 1.56. The lowest BCUT2D eigenvalue weighted by molar-refractivity contribution is 0.0743. The number of aromatic nitrogens is 3. The second-order valence-electron chi connectivity index (χ2n) is 8.14. The van der Waals surface area contributed by atoms with E-state index in [2.05, 4.69) is 51.3 Å². The van der Waals surface area contributed by atoms with E-state index in [-0.39, 0.29) is 11.9 Å². The van der Waals surface area contributed by atoms with Gasteiger partial charge in [-0.3, -0.25) is 19.0 Å². The van der Waals surface area contributed by atoms with Crippen molar-refractivity contribution in [2.75, 3.05) is 54.0 Å². The van der Waals surface area contributed by atoms with Crippen molar-refractivity contribution >= 4 is 11.6 Å². The van der Waals surface area contributed by atoms with Gasteiger partial charge in [-0.2, -0.15) is 0 Å². The average molecular weight is 423 g/mol. The summed E-state index contributed by atoms with van der Waals surface area (Å²) < 4.78 is 7.05. The molecule has 0 unspecified atom stereocenters. The van der Waals surface area contributed by atoms with Gasteiger partial charge in [-0.15, -0.1) is 10.2 Å². The molecule has 8 heteroatoms. The Bertz CT molecular complexity index is 1020. The van der Waals surface area contributed by atoms with Gasteiger partial charge in [0.1, 0.15) is 0 Å². The number of hydrogen-bond donors (Lipinski definition) is 0. The smallest absolute Gasteiger partial charge is 0.255 e. The topological polar surface area (TPSA) is 66.2 Å². The van der Waals surface area contributed by atoms with Gasteiger partial charge in [-0.25, -0.2) is 0 Å². The van der Waals surface area contributed by atoms with E-state index < -0.39 is 0 Å². The summed E-state index contributed by atoms with van der Waals surface area (Å²) in [6.07, 6.45) is 1.86. The first-order chi connectivity index (χ1) is 15.1. The van der Waals surface area contributed by atoms with Crippen molar-refractivity contribution in [3.63, 3.8) is 0 Å². The van der Waals surface area contributed by atoms with Crippen molar-refractivity contribution in [3.05, 3.63) is 65.6 Å². The number of hydrogen-bond acceptors (Lipinski definition) is 6. The molecule has 31 heavy (non-hydrogen) atoms. The molecule has 1 aliphatic rings. The van der Waals surface area contributed by atoms with E-state index in [1.165, 1.54) is 5.56 Å².